The number of benzene rings is 1. The lowest BCUT2D eigenvalue weighted by atomic mass is 9.48. The largest absolute Gasteiger partial charge is 0.377 e. The quantitative estimate of drug-likeness (QED) is 0.768. The van der Waals surface area contributed by atoms with E-state index in [0.717, 1.165) is 15.7 Å². The third-order valence-electron chi connectivity index (χ3n) is 4.93. The summed E-state index contributed by atoms with van der Waals surface area (Å²) in [5.41, 5.74) is 6.10. The molecule has 20 heavy (non-hydrogen) atoms. The second kappa shape index (κ2) is 4.68. The summed E-state index contributed by atoms with van der Waals surface area (Å²) in [6.45, 7) is 4.74. The van der Waals surface area contributed by atoms with E-state index in [1.54, 1.807) is 0 Å². The molecule has 2 fully saturated rings. The molecular weight excluding hydrogens is 367 g/mol. The van der Waals surface area contributed by atoms with Gasteiger partial charge in [0, 0.05) is 27.2 Å². The second-order valence-electron chi connectivity index (χ2n) is 6.24. The highest BCUT2D eigenvalue weighted by Crippen LogP contribution is 2.58. The van der Waals surface area contributed by atoms with Crippen molar-refractivity contribution in [3.63, 3.8) is 0 Å². The fourth-order valence-electron chi connectivity index (χ4n) is 3.61. The average molecular weight is 386 g/mol. The smallest absolute Gasteiger partial charge is 0.245 e. The summed E-state index contributed by atoms with van der Waals surface area (Å²) in [5.74, 6) is 0.0248. The molecule has 3 N–H and O–H groups in total. The predicted octanol–water partition coefficient (Wildman–Crippen LogP) is 2.37. The van der Waals surface area contributed by atoms with Gasteiger partial charge in [-0.15, -0.1) is 0 Å². The van der Waals surface area contributed by atoms with Crippen LogP contribution in [-0.4, -0.2) is 24.2 Å². The van der Waals surface area contributed by atoms with E-state index in [1.165, 1.54) is 0 Å². The summed E-state index contributed by atoms with van der Waals surface area (Å²) in [4.78, 5) is 12.7. The number of nitrogens with two attached hydrogens (primary N) is 1. The Morgan fingerprint density at radius 1 is 1.40 bits per heavy atom. The molecule has 1 saturated carbocycles. The number of halogens is 1. The van der Waals surface area contributed by atoms with Gasteiger partial charge in [-0.1, -0.05) is 13.8 Å². The maximum Gasteiger partial charge on any atom is 0.245 e. The van der Waals surface area contributed by atoms with Crippen molar-refractivity contribution in [2.75, 3.05) is 11.9 Å². The molecule has 1 saturated heterocycles. The zero-order valence-electron chi connectivity index (χ0n) is 11.7. The lowest BCUT2D eigenvalue weighted by Gasteiger charge is -2.60. The Kier molecular flexibility index (Phi) is 3.34. The van der Waals surface area contributed by atoms with Crippen LogP contribution in [0.15, 0.2) is 24.3 Å². The number of fused-ring (bicyclic) bond motifs is 1. The van der Waals surface area contributed by atoms with Crippen molar-refractivity contribution in [2.45, 2.75) is 31.9 Å². The first kappa shape index (κ1) is 14.3. The molecule has 0 radical (unpaired) electrons. The summed E-state index contributed by atoms with van der Waals surface area (Å²) in [7, 11) is 0. The minimum atomic E-state index is -0.850. The van der Waals surface area contributed by atoms with Crippen molar-refractivity contribution < 1.29 is 9.53 Å². The molecule has 1 amide bonds. The van der Waals surface area contributed by atoms with Gasteiger partial charge in [0.2, 0.25) is 5.91 Å². The van der Waals surface area contributed by atoms with Crippen LogP contribution < -0.4 is 11.1 Å². The average Bonchev–Trinajstić information content (AvgIpc) is 2.88. The van der Waals surface area contributed by atoms with Crippen LogP contribution in [-0.2, 0) is 9.53 Å². The molecule has 4 nitrogen and oxygen atoms in total. The predicted molar refractivity (Wildman–Crippen MR) is 86.3 cm³/mol. The zero-order valence-corrected chi connectivity index (χ0v) is 13.8. The van der Waals surface area contributed by atoms with E-state index in [2.05, 4.69) is 27.9 Å². The second-order valence-corrected chi connectivity index (χ2v) is 7.48. The van der Waals surface area contributed by atoms with E-state index in [4.69, 9.17) is 10.5 Å². The highest BCUT2D eigenvalue weighted by Gasteiger charge is 2.71. The summed E-state index contributed by atoms with van der Waals surface area (Å²) in [6.07, 6.45) is 0.972. The molecule has 0 bridgehead atoms. The molecule has 3 unspecified atom stereocenters. The van der Waals surface area contributed by atoms with Gasteiger partial charge in [0.1, 0.15) is 5.54 Å². The topological polar surface area (TPSA) is 64.3 Å². The number of anilines is 1. The van der Waals surface area contributed by atoms with Crippen LogP contribution in [0.2, 0.25) is 0 Å². The van der Waals surface area contributed by atoms with Crippen molar-refractivity contribution in [1.82, 2.24) is 0 Å². The molecule has 1 aromatic rings. The van der Waals surface area contributed by atoms with Crippen LogP contribution >= 0.6 is 22.6 Å². The van der Waals surface area contributed by atoms with Crippen LogP contribution in [0.3, 0.4) is 0 Å². The van der Waals surface area contributed by atoms with Gasteiger partial charge in [-0.3, -0.25) is 4.79 Å². The van der Waals surface area contributed by atoms with Crippen LogP contribution in [0.25, 0.3) is 0 Å². The summed E-state index contributed by atoms with van der Waals surface area (Å²) in [5, 5.41) is 2.96. The minimum Gasteiger partial charge on any atom is -0.377 e. The third kappa shape index (κ3) is 1.83. The van der Waals surface area contributed by atoms with Gasteiger partial charge in [-0.25, -0.2) is 0 Å². The molecule has 3 rings (SSSR count). The van der Waals surface area contributed by atoms with Crippen molar-refractivity contribution in [3.8, 4) is 0 Å². The summed E-state index contributed by atoms with van der Waals surface area (Å²) >= 11 is 2.24. The lowest BCUT2D eigenvalue weighted by Crippen LogP contribution is -2.79. The van der Waals surface area contributed by atoms with Crippen LogP contribution in [0.1, 0.15) is 20.3 Å². The fraction of sp³-hybridized carbons (Fsp3) is 0.533. The number of nitrogens with one attached hydrogen (secondary N) is 1. The third-order valence-corrected chi connectivity index (χ3v) is 5.65. The molecule has 0 aromatic heterocycles. The van der Waals surface area contributed by atoms with Crippen LogP contribution in [0.5, 0.6) is 0 Å². The van der Waals surface area contributed by atoms with E-state index >= 15 is 0 Å². The normalized spacial score (nSPS) is 34.2. The standard InChI is InChI=1S/C15H19IN2O2/c1-14(2)12-11(7-8-20-12)15(14,17)13(19)18-10-5-3-9(16)4-6-10/h3-6,11-12H,7-8,17H2,1-2H3,(H,18,19). The van der Waals surface area contributed by atoms with Crippen molar-refractivity contribution in [1.29, 1.82) is 0 Å². The van der Waals surface area contributed by atoms with Gasteiger partial charge in [0.25, 0.3) is 0 Å². The Morgan fingerprint density at radius 3 is 2.70 bits per heavy atom. The molecule has 2 aliphatic rings. The molecule has 3 atom stereocenters. The highest BCUT2D eigenvalue weighted by molar-refractivity contribution is 14.1. The maximum atomic E-state index is 12.7. The minimum absolute atomic E-state index is 0.101. The summed E-state index contributed by atoms with van der Waals surface area (Å²) in [6, 6.07) is 7.73. The van der Waals surface area contributed by atoms with Crippen molar-refractivity contribution in [3.05, 3.63) is 27.8 Å². The SMILES string of the molecule is CC1(C)C2OCCC2C1(N)C(=O)Nc1ccc(I)cc1. The fourth-order valence-corrected chi connectivity index (χ4v) is 3.97. The Bertz CT molecular complexity index is 543. The Morgan fingerprint density at radius 2 is 2.05 bits per heavy atom. The van der Waals surface area contributed by atoms with Gasteiger partial charge >= 0.3 is 0 Å². The summed E-state index contributed by atoms with van der Waals surface area (Å²) < 4.78 is 6.85. The molecule has 108 valence electrons. The van der Waals surface area contributed by atoms with Gasteiger partial charge in [0.05, 0.1) is 6.10 Å². The zero-order chi connectivity index (χ0) is 14.5. The van der Waals surface area contributed by atoms with Crippen LogP contribution in [0, 0.1) is 14.9 Å². The highest BCUT2D eigenvalue weighted by atomic mass is 127. The first-order chi connectivity index (χ1) is 9.37. The van der Waals surface area contributed by atoms with Crippen molar-refractivity contribution in [2.24, 2.45) is 17.1 Å². The van der Waals surface area contributed by atoms with Crippen LogP contribution in [0.4, 0.5) is 5.69 Å². The molecule has 5 heteroatoms. The molecule has 1 aromatic carbocycles. The van der Waals surface area contributed by atoms with E-state index in [0.29, 0.717) is 6.61 Å². The number of rotatable bonds is 2. The number of amides is 1. The Hall–Kier alpha value is -0.660. The van der Waals surface area contributed by atoms with E-state index in [1.807, 2.05) is 38.1 Å². The number of carbonyl (C=O) groups excluding carboxylic acids is 1. The van der Waals surface area contributed by atoms with Gasteiger partial charge in [0.15, 0.2) is 0 Å². The van der Waals surface area contributed by atoms with Gasteiger partial charge in [-0.05, 0) is 53.3 Å². The van der Waals surface area contributed by atoms with Crippen molar-refractivity contribution >= 4 is 34.2 Å². The molecule has 1 aliphatic carbocycles. The Balaban J connectivity index is 1.81. The molecular formula is C15H19IN2O2. The molecule has 0 spiro atoms. The molecule has 1 heterocycles. The first-order valence-corrected chi connectivity index (χ1v) is 7.93. The first-order valence-electron chi connectivity index (χ1n) is 6.85. The van der Waals surface area contributed by atoms with E-state index in [9.17, 15) is 4.79 Å². The van der Waals surface area contributed by atoms with E-state index in [-0.39, 0.29) is 23.3 Å². The number of hydrogen-bond donors (Lipinski definition) is 2. The number of carbonyl (C=O) groups is 1. The monoisotopic (exact) mass is 386 g/mol. The Labute approximate surface area is 132 Å². The lowest BCUT2D eigenvalue weighted by molar-refractivity contribution is -0.170. The van der Waals surface area contributed by atoms with Gasteiger partial charge < -0.3 is 15.8 Å². The van der Waals surface area contributed by atoms with Gasteiger partial charge in [-0.2, -0.15) is 0 Å². The number of ether oxygens (including phenoxy) is 1. The number of hydrogen-bond acceptors (Lipinski definition) is 3. The van der Waals surface area contributed by atoms with E-state index < -0.39 is 5.54 Å². The molecule has 1 aliphatic heterocycles. The maximum absolute atomic E-state index is 12.7.